The van der Waals surface area contributed by atoms with Crippen LogP contribution in [0.4, 0.5) is 0 Å². The Balaban J connectivity index is 2.31. The topological polar surface area (TPSA) is 67.9 Å². The quantitative estimate of drug-likeness (QED) is 0.913. The molecule has 1 N–H and O–H groups in total. The average Bonchev–Trinajstić information content (AvgIpc) is 2.81. The molecule has 0 aliphatic carbocycles. The van der Waals surface area contributed by atoms with Crippen LogP contribution in [-0.2, 0) is 4.79 Å². The molecule has 0 saturated heterocycles. The van der Waals surface area contributed by atoms with Crippen molar-refractivity contribution in [1.82, 2.24) is 15.0 Å². The van der Waals surface area contributed by atoms with E-state index in [0.717, 1.165) is 16.6 Å². The molecular formula is C17H23N3O2. The Hall–Kier alpha value is -2.17. The van der Waals surface area contributed by atoms with Gasteiger partial charge in [0.05, 0.1) is 5.39 Å². The van der Waals surface area contributed by atoms with Crippen molar-refractivity contribution in [3.05, 3.63) is 24.2 Å². The van der Waals surface area contributed by atoms with Crippen LogP contribution in [0, 0.1) is 5.92 Å². The number of fused-ring (bicyclic) bond motifs is 1. The molecule has 2 rings (SSSR count). The molecule has 22 heavy (non-hydrogen) atoms. The third-order valence-electron chi connectivity index (χ3n) is 3.13. The molecule has 0 radical (unpaired) electrons. The van der Waals surface area contributed by atoms with Gasteiger partial charge in [0, 0.05) is 24.1 Å². The van der Waals surface area contributed by atoms with E-state index >= 15 is 0 Å². The highest BCUT2D eigenvalue weighted by Crippen LogP contribution is 2.28. The Labute approximate surface area is 130 Å². The summed E-state index contributed by atoms with van der Waals surface area (Å²) in [6.07, 6.45) is 7.55. The lowest BCUT2D eigenvalue weighted by Crippen LogP contribution is -2.23. The lowest BCUT2D eigenvalue weighted by Gasteiger charge is -2.20. The van der Waals surface area contributed by atoms with Gasteiger partial charge in [-0.25, -0.2) is 9.97 Å². The zero-order valence-corrected chi connectivity index (χ0v) is 13.8. The van der Waals surface area contributed by atoms with Crippen molar-refractivity contribution in [2.45, 2.75) is 46.6 Å². The summed E-state index contributed by atoms with van der Waals surface area (Å²) >= 11 is 0. The zero-order valence-electron chi connectivity index (χ0n) is 13.8. The van der Waals surface area contributed by atoms with Crippen LogP contribution >= 0.6 is 0 Å². The first-order valence-electron chi connectivity index (χ1n) is 7.48. The van der Waals surface area contributed by atoms with E-state index in [-0.39, 0.29) is 17.3 Å². The van der Waals surface area contributed by atoms with Gasteiger partial charge in [-0.05, 0) is 20.8 Å². The maximum absolute atomic E-state index is 11.7. The van der Waals surface area contributed by atoms with Gasteiger partial charge in [-0.1, -0.05) is 26.0 Å². The van der Waals surface area contributed by atoms with Gasteiger partial charge in [0.15, 0.2) is 0 Å². The number of aromatic nitrogens is 3. The summed E-state index contributed by atoms with van der Waals surface area (Å²) < 4.78 is 5.91. The van der Waals surface area contributed by atoms with Gasteiger partial charge in [0.1, 0.15) is 23.4 Å². The molecule has 2 aromatic rings. The van der Waals surface area contributed by atoms with Crippen LogP contribution in [0.3, 0.4) is 0 Å². The number of ether oxygens (including phenoxy) is 1. The highest BCUT2D eigenvalue weighted by atomic mass is 16.5. The van der Waals surface area contributed by atoms with E-state index in [2.05, 4.69) is 15.0 Å². The van der Waals surface area contributed by atoms with Crippen LogP contribution in [-0.4, -0.2) is 26.3 Å². The van der Waals surface area contributed by atoms with Crippen molar-refractivity contribution in [3.8, 4) is 5.88 Å². The lowest BCUT2D eigenvalue weighted by atomic mass is 10.1. The van der Waals surface area contributed by atoms with E-state index < -0.39 is 0 Å². The van der Waals surface area contributed by atoms with Crippen LogP contribution in [0.15, 0.2) is 18.6 Å². The summed E-state index contributed by atoms with van der Waals surface area (Å²) in [5, 5.41) is 0.839. The minimum Gasteiger partial charge on any atom is -0.471 e. The maximum Gasteiger partial charge on any atom is 0.227 e. The highest BCUT2D eigenvalue weighted by Gasteiger charge is 2.17. The number of hydrogen-bond donors (Lipinski definition) is 1. The summed E-state index contributed by atoms with van der Waals surface area (Å²) in [5.74, 6) is 0.822. The van der Waals surface area contributed by atoms with Gasteiger partial charge in [-0.2, -0.15) is 0 Å². The van der Waals surface area contributed by atoms with E-state index in [1.165, 1.54) is 6.33 Å². The van der Waals surface area contributed by atoms with Gasteiger partial charge in [0.25, 0.3) is 0 Å². The molecule has 0 bridgehead atoms. The Morgan fingerprint density at radius 2 is 2.09 bits per heavy atom. The van der Waals surface area contributed by atoms with Gasteiger partial charge in [-0.3, -0.25) is 4.79 Å². The largest absolute Gasteiger partial charge is 0.471 e. The second kappa shape index (κ2) is 6.30. The first-order valence-corrected chi connectivity index (χ1v) is 7.48. The molecule has 0 aliphatic rings. The van der Waals surface area contributed by atoms with E-state index in [4.69, 9.17) is 4.74 Å². The normalized spacial score (nSPS) is 12.5. The molecular weight excluding hydrogens is 278 g/mol. The van der Waals surface area contributed by atoms with Crippen molar-refractivity contribution < 1.29 is 9.53 Å². The van der Waals surface area contributed by atoms with Crippen molar-refractivity contribution in [1.29, 1.82) is 0 Å². The average molecular weight is 301 g/mol. The SMILES string of the molecule is CC(C)C(=O)C/C=C/c1c[nH]c2ncnc(OC(C)(C)C)c12. The summed E-state index contributed by atoms with van der Waals surface area (Å²) in [6.45, 7) is 9.75. The zero-order chi connectivity index (χ0) is 16.3. The Morgan fingerprint density at radius 3 is 2.73 bits per heavy atom. The number of ketones is 1. The van der Waals surface area contributed by atoms with Crippen molar-refractivity contribution in [2.75, 3.05) is 0 Å². The molecule has 0 amide bonds. The van der Waals surface area contributed by atoms with Crippen LogP contribution in [0.5, 0.6) is 5.88 Å². The summed E-state index contributed by atoms with van der Waals surface area (Å²) in [7, 11) is 0. The van der Waals surface area contributed by atoms with Crippen LogP contribution in [0.25, 0.3) is 17.1 Å². The highest BCUT2D eigenvalue weighted by molar-refractivity contribution is 5.91. The molecule has 2 heterocycles. The molecule has 0 atom stereocenters. The molecule has 0 unspecified atom stereocenters. The van der Waals surface area contributed by atoms with Gasteiger partial charge in [0.2, 0.25) is 5.88 Å². The van der Waals surface area contributed by atoms with Crippen LogP contribution < -0.4 is 4.74 Å². The van der Waals surface area contributed by atoms with Crippen molar-refractivity contribution >= 4 is 22.9 Å². The summed E-state index contributed by atoms with van der Waals surface area (Å²) in [5.41, 5.74) is 1.31. The Bertz CT molecular complexity index is 693. The predicted molar refractivity (Wildman–Crippen MR) is 87.8 cm³/mol. The fourth-order valence-electron chi connectivity index (χ4n) is 1.99. The lowest BCUT2D eigenvalue weighted by molar-refractivity contribution is -0.121. The summed E-state index contributed by atoms with van der Waals surface area (Å²) in [6, 6.07) is 0. The number of hydrogen-bond acceptors (Lipinski definition) is 4. The second-order valence-electron chi connectivity index (χ2n) is 6.59. The number of Topliss-reactive ketones (excluding diaryl/α,β-unsaturated/α-hetero) is 1. The molecule has 118 valence electrons. The Kier molecular flexibility index (Phi) is 4.64. The number of carbonyl (C=O) groups is 1. The third kappa shape index (κ3) is 3.93. The van der Waals surface area contributed by atoms with Crippen LogP contribution in [0.2, 0.25) is 0 Å². The van der Waals surface area contributed by atoms with Crippen molar-refractivity contribution in [3.63, 3.8) is 0 Å². The molecule has 0 aliphatic heterocycles. The minimum atomic E-state index is -0.340. The molecule has 5 heteroatoms. The molecule has 0 aromatic carbocycles. The number of nitrogens with zero attached hydrogens (tertiary/aromatic N) is 2. The van der Waals surface area contributed by atoms with E-state index in [1.54, 1.807) is 0 Å². The van der Waals surface area contributed by atoms with Gasteiger partial charge in [-0.15, -0.1) is 0 Å². The molecule has 0 spiro atoms. The van der Waals surface area contributed by atoms with Crippen molar-refractivity contribution in [2.24, 2.45) is 5.92 Å². The molecule has 0 fully saturated rings. The smallest absolute Gasteiger partial charge is 0.227 e. The minimum absolute atomic E-state index is 0.0516. The fourth-order valence-corrected chi connectivity index (χ4v) is 1.99. The Morgan fingerprint density at radius 1 is 1.36 bits per heavy atom. The van der Waals surface area contributed by atoms with E-state index in [9.17, 15) is 4.79 Å². The first-order chi connectivity index (χ1) is 10.3. The monoisotopic (exact) mass is 301 g/mol. The second-order valence-corrected chi connectivity index (χ2v) is 6.59. The molecule has 5 nitrogen and oxygen atoms in total. The standard InChI is InChI=1S/C17H23N3O2/c1-11(2)13(21)8-6-7-12-9-18-15-14(12)16(20-10-19-15)22-17(3,4)5/h6-7,9-11H,8H2,1-5H3,(H,18,19,20)/b7-6+. The van der Waals surface area contributed by atoms with E-state index in [0.29, 0.717) is 12.3 Å². The number of allylic oxidation sites excluding steroid dienone is 1. The fraction of sp³-hybridized carbons (Fsp3) is 0.471. The first kappa shape index (κ1) is 16.2. The maximum atomic E-state index is 11.7. The number of aromatic amines is 1. The summed E-state index contributed by atoms with van der Waals surface area (Å²) in [4.78, 5) is 23.2. The number of H-pyrrole nitrogens is 1. The molecule has 0 saturated carbocycles. The number of carbonyl (C=O) groups excluding carboxylic acids is 1. The van der Waals surface area contributed by atoms with E-state index in [1.807, 2.05) is 53.0 Å². The molecule has 2 aromatic heterocycles. The third-order valence-corrected chi connectivity index (χ3v) is 3.13. The van der Waals surface area contributed by atoms with Gasteiger partial charge >= 0.3 is 0 Å². The van der Waals surface area contributed by atoms with Gasteiger partial charge < -0.3 is 9.72 Å². The number of nitrogens with one attached hydrogen (secondary N) is 1. The number of rotatable bonds is 5. The van der Waals surface area contributed by atoms with Crippen LogP contribution in [0.1, 0.15) is 46.6 Å². The predicted octanol–water partition coefficient (Wildman–Crippen LogP) is 3.76.